The van der Waals surface area contributed by atoms with Crippen molar-refractivity contribution in [1.29, 1.82) is 0 Å². The average Bonchev–Trinajstić information content (AvgIpc) is 2.70. The lowest BCUT2D eigenvalue weighted by Gasteiger charge is -2.11. The van der Waals surface area contributed by atoms with Gasteiger partial charge in [0.05, 0.1) is 7.11 Å². The van der Waals surface area contributed by atoms with Crippen LogP contribution in [0.2, 0.25) is 0 Å². The molecule has 2 N–H and O–H groups in total. The van der Waals surface area contributed by atoms with Gasteiger partial charge in [-0.05, 0) is 48.7 Å². The molecule has 0 saturated carbocycles. The number of nitrogens with one attached hydrogen (secondary N) is 2. The lowest BCUT2D eigenvalue weighted by atomic mass is 10.1. The van der Waals surface area contributed by atoms with Gasteiger partial charge in [0.15, 0.2) is 0 Å². The largest absolute Gasteiger partial charge is 0.497 e. The van der Waals surface area contributed by atoms with E-state index >= 15 is 0 Å². The van der Waals surface area contributed by atoms with Gasteiger partial charge in [0.1, 0.15) is 23.6 Å². The number of rotatable bonds is 6. The molecule has 6 nitrogen and oxygen atoms in total. The second-order valence-electron chi connectivity index (χ2n) is 6.19. The minimum Gasteiger partial charge on any atom is -0.497 e. The fourth-order valence-electron chi connectivity index (χ4n) is 2.59. The normalized spacial score (nSPS) is 10.3. The second-order valence-corrected chi connectivity index (χ2v) is 6.19. The number of benzene rings is 2. The van der Waals surface area contributed by atoms with E-state index < -0.39 is 0 Å². The lowest BCUT2D eigenvalue weighted by Crippen LogP contribution is -2.15. The van der Waals surface area contributed by atoms with Crippen LogP contribution in [0.1, 0.15) is 27.2 Å². The Labute approximate surface area is 158 Å². The Hall–Kier alpha value is -3.41. The van der Waals surface area contributed by atoms with E-state index in [1.54, 1.807) is 13.2 Å². The van der Waals surface area contributed by atoms with Crippen molar-refractivity contribution in [3.8, 4) is 5.75 Å². The van der Waals surface area contributed by atoms with E-state index in [2.05, 4.69) is 20.6 Å². The molecule has 6 heteroatoms. The summed E-state index contributed by atoms with van der Waals surface area (Å²) in [5.41, 5.74) is 4.33. The first-order chi connectivity index (χ1) is 13.1. The summed E-state index contributed by atoms with van der Waals surface area (Å²) in [4.78, 5) is 20.8. The van der Waals surface area contributed by atoms with Gasteiger partial charge in [-0.25, -0.2) is 9.97 Å². The number of amides is 1. The predicted octanol–water partition coefficient (Wildman–Crippen LogP) is 3.97. The minimum absolute atomic E-state index is 0.265. The molecule has 1 amide bonds. The number of hydrogen-bond donors (Lipinski definition) is 2. The molecule has 0 fully saturated rings. The first kappa shape index (κ1) is 18.4. The molecular formula is C21H22N4O2. The molecule has 1 aromatic heterocycles. The van der Waals surface area contributed by atoms with Gasteiger partial charge in [0.2, 0.25) is 0 Å². The van der Waals surface area contributed by atoms with Gasteiger partial charge in [-0.2, -0.15) is 0 Å². The topological polar surface area (TPSA) is 76.1 Å². The number of ether oxygens (including phenoxy) is 1. The monoisotopic (exact) mass is 362 g/mol. The first-order valence-corrected chi connectivity index (χ1v) is 8.63. The van der Waals surface area contributed by atoms with Crippen LogP contribution in [0.4, 0.5) is 11.5 Å². The van der Waals surface area contributed by atoms with E-state index in [1.807, 2.05) is 56.3 Å². The highest BCUT2D eigenvalue weighted by Gasteiger charge is 2.11. The molecule has 0 aliphatic heterocycles. The van der Waals surface area contributed by atoms with Crippen molar-refractivity contribution in [3.63, 3.8) is 0 Å². The van der Waals surface area contributed by atoms with E-state index in [-0.39, 0.29) is 5.91 Å². The number of carbonyl (C=O) groups is 1. The molecule has 0 atom stereocenters. The maximum Gasteiger partial charge on any atom is 0.274 e. The van der Waals surface area contributed by atoms with Crippen LogP contribution in [0.15, 0.2) is 54.9 Å². The van der Waals surface area contributed by atoms with Crippen molar-refractivity contribution in [2.75, 3.05) is 17.7 Å². The van der Waals surface area contributed by atoms with Gasteiger partial charge in [-0.15, -0.1) is 0 Å². The summed E-state index contributed by atoms with van der Waals surface area (Å²) < 4.78 is 5.15. The predicted molar refractivity (Wildman–Crippen MR) is 106 cm³/mol. The number of carbonyl (C=O) groups excluding carboxylic acids is 1. The molecule has 1 heterocycles. The smallest absolute Gasteiger partial charge is 0.274 e. The Morgan fingerprint density at radius 2 is 1.85 bits per heavy atom. The third kappa shape index (κ3) is 4.61. The quantitative estimate of drug-likeness (QED) is 0.694. The minimum atomic E-state index is -0.265. The molecule has 3 rings (SSSR count). The summed E-state index contributed by atoms with van der Waals surface area (Å²) in [6.45, 7) is 4.57. The Bertz CT molecular complexity index is 939. The molecule has 0 unspecified atom stereocenters. The Morgan fingerprint density at radius 1 is 1.07 bits per heavy atom. The maximum absolute atomic E-state index is 12.5. The van der Waals surface area contributed by atoms with Crippen molar-refractivity contribution in [2.24, 2.45) is 0 Å². The summed E-state index contributed by atoms with van der Waals surface area (Å²) in [7, 11) is 1.64. The highest BCUT2D eigenvalue weighted by atomic mass is 16.5. The van der Waals surface area contributed by atoms with Crippen LogP contribution in [0.3, 0.4) is 0 Å². The molecule has 27 heavy (non-hydrogen) atoms. The van der Waals surface area contributed by atoms with Gasteiger partial charge < -0.3 is 15.4 Å². The van der Waals surface area contributed by atoms with Gasteiger partial charge in [-0.1, -0.05) is 24.3 Å². The zero-order valence-corrected chi connectivity index (χ0v) is 15.6. The summed E-state index contributed by atoms with van der Waals surface area (Å²) in [6, 6.07) is 15.2. The zero-order chi connectivity index (χ0) is 19.2. The van der Waals surface area contributed by atoms with Gasteiger partial charge >= 0.3 is 0 Å². The molecule has 0 radical (unpaired) electrons. The number of nitrogens with zero attached hydrogens (tertiary/aromatic N) is 2. The van der Waals surface area contributed by atoms with Crippen LogP contribution in [0.5, 0.6) is 5.75 Å². The third-order valence-electron chi connectivity index (χ3n) is 4.39. The Balaban J connectivity index is 1.67. The van der Waals surface area contributed by atoms with E-state index in [0.717, 1.165) is 28.1 Å². The van der Waals surface area contributed by atoms with Crippen LogP contribution in [-0.2, 0) is 6.54 Å². The Morgan fingerprint density at radius 3 is 2.59 bits per heavy atom. The van der Waals surface area contributed by atoms with Gasteiger partial charge in [0, 0.05) is 18.3 Å². The van der Waals surface area contributed by atoms with Gasteiger partial charge in [0.25, 0.3) is 5.91 Å². The fraction of sp³-hybridized carbons (Fsp3) is 0.190. The molecule has 0 bridgehead atoms. The highest BCUT2D eigenvalue weighted by Crippen LogP contribution is 2.19. The third-order valence-corrected chi connectivity index (χ3v) is 4.39. The average molecular weight is 362 g/mol. The number of hydrogen-bond acceptors (Lipinski definition) is 5. The Kier molecular flexibility index (Phi) is 5.66. The van der Waals surface area contributed by atoms with Crippen LogP contribution < -0.4 is 15.4 Å². The SMILES string of the molecule is COc1ccc(CNc2cc(C(=O)Nc3cccc(C)c3C)ncn2)cc1. The molecule has 2 aromatic carbocycles. The molecule has 0 aliphatic rings. The highest BCUT2D eigenvalue weighted by molar-refractivity contribution is 6.03. The summed E-state index contributed by atoms with van der Waals surface area (Å²) in [5.74, 6) is 1.14. The van der Waals surface area contributed by atoms with E-state index in [9.17, 15) is 4.79 Å². The van der Waals surface area contributed by atoms with Crippen LogP contribution in [-0.4, -0.2) is 23.0 Å². The standard InChI is InChI=1S/C21H22N4O2/c1-14-5-4-6-18(15(14)2)25-21(26)19-11-20(24-13-23-19)22-12-16-7-9-17(27-3)10-8-16/h4-11,13H,12H2,1-3H3,(H,25,26)(H,22,23,24). The number of aryl methyl sites for hydroxylation is 1. The summed E-state index contributed by atoms with van der Waals surface area (Å²) in [6.07, 6.45) is 1.38. The summed E-state index contributed by atoms with van der Waals surface area (Å²) >= 11 is 0. The number of aromatic nitrogens is 2. The molecule has 3 aromatic rings. The fourth-order valence-corrected chi connectivity index (χ4v) is 2.59. The maximum atomic E-state index is 12.5. The van der Waals surface area contributed by atoms with E-state index in [1.165, 1.54) is 6.33 Å². The van der Waals surface area contributed by atoms with E-state index in [4.69, 9.17) is 4.74 Å². The number of methoxy groups -OCH3 is 1. The van der Waals surface area contributed by atoms with Crippen molar-refractivity contribution in [3.05, 3.63) is 77.2 Å². The molecule has 0 spiro atoms. The number of anilines is 2. The van der Waals surface area contributed by atoms with E-state index in [0.29, 0.717) is 18.1 Å². The van der Waals surface area contributed by atoms with Crippen molar-refractivity contribution in [2.45, 2.75) is 20.4 Å². The molecule has 0 aliphatic carbocycles. The van der Waals surface area contributed by atoms with Crippen molar-refractivity contribution >= 4 is 17.4 Å². The van der Waals surface area contributed by atoms with Crippen LogP contribution in [0.25, 0.3) is 0 Å². The molecule has 0 saturated heterocycles. The van der Waals surface area contributed by atoms with Crippen LogP contribution in [0, 0.1) is 13.8 Å². The molecular weight excluding hydrogens is 340 g/mol. The lowest BCUT2D eigenvalue weighted by molar-refractivity contribution is 0.102. The first-order valence-electron chi connectivity index (χ1n) is 8.63. The van der Waals surface area contributed by atoms with Crippen LogP contribution >= 0.6 is 0 Å². The second kappa shape index (κ2) is 8.31. The van der Waals surface area contributed by atoms with Crippen molar-refractivity contribution < 1.29 is 9.53 Å². The molecule has 138 valence electrons. The summed E-state index contributed by atoms with van der Waals surface area (Å²) in [5, 5.41) is 6.12. The van der Waals surface area contributed by atoms with Gasteiger partial charge in [-0.3, -0.25) is 4.79 Å². The van der Waals surface area contributed by atoms with Crippen molar-refractivity contribution in [1.82, 2.24) is 9.97 Å². The zero-order valence-electron chi connectivity index (χ0n) is 15.6.